The summed E-state index contributed by atoms with van der Waals surface area (Å²) < 4.78 is 26.7. The van der Waals surface area contributed by atoms with E-state index in [4.69, 9.17) is 5.11 Å². The van der Waals surface area contributed by atoms with E-state index >= 15 is 0 Å². The number of fused-ring (bicyclic) bond motifs is 1. The Hall–Kier alpha value is -1.84. The summed E-state index contributed by atoms with van der Waals surface area (Å²) in [7, 11) is 1.58. The summed E-state index contributed by atoms with van der Waals surface area (Å²) in [5, 5.41) is 12.4. The molecule has 2 N–H and O–H groups in total. The second kappa shape index (κ2) is 3.38. The summed E-state index contributed by atoms with van der Waals surface area (Å²) >= 11 is 0. The predicted molar refractivity (Wildman–Crippen MR) is 55.1 cm³/mol. The van der Waals surface area contributed by atoms with Crippen LogP contribution in [0.5, 0.6) is 5.75 Å². The van der Waals surface area contributed by atoms with Crippen molar-refractivity contribution in [3.8, 4) is 5.75 Å². The molecule has 0 radical (unpaired) electrons. The van der Waals surface area contributed by atoms with Crippen LogP contribution in [0.1, 0.15) is 0 Å². The molecular weight excluding hydrogens is 200 g/mol. The molecule has 0 fully saturated rings. The van der Waals surface area contributed by atoms with Gasteiger partial charge in [-0.1, -0.05) is 6.07 Å². The van der Waals surface area contributed by atoms with Gasteiger partial charge in [-0.25, -0.2) is 8.78 Å². The van der Waals surface area contributed by atoms with Crippen LogP contribution < -0.4 is 5.32 Å². The molecule has 0 bridgehead atoms. The SMILES string of the molecule is CNc1cc2ccc(O)c(F)c2cc1F. The Bertz CT molecular complexity index is 525. The van der Waals surface area contributed by atoms with Gasteiger partial charge in [-0.2, -0.15) is 0 Å². The maximum Gasteiger partial charge on any atom is 0.172 e. The van der Waals surface area contributed by atoms with Gasteiger partial charge in [-0.3, -0.25) is 0 Å². The third kappa shape index (κ3) is 1.48. The van der Waals surface area contributed by atoms with Crippen molar-refractivity contribution in [3.63, 3.8) is 0 Å². The van der Waals surface area contributed by atoms with Crippen LogP contribution in [0.3, 0.4) is 0 Å². The molecule has 2 rings (SSSR count). The Kier molecular flexibility index (Phi) is 2.19. The molecule has 0 saturated carbocycles. The molecule has 78 valence electrons. The van der Waals surface area contributed by atoms with Gasteiger partial charge in [0.15, 0.2) is 11.6 Å². The minimum atomic E-state index is -0.797. The molecule has 0 amide bonds. The molecule has 0 heterocycles. The average Bonchev–Trinajstić information content (AvgIpc) is 2.24. The van der Waals surface area contributed by atoms with Crippen LogP contribution in [-0.2, 0) is 0 Å². The molecule has 15 heavy (non-hydrogen) atoms. The quantitative estimate of drug-likeness (QED) is 0.756. The van der Waals surface area contributed by atoms with Gasteiger partial charge < -0.3 is 10.4 Å². The zero-order valence-electron chi connectivity index (χ0n) is 8.01. The molecule has 0 aromatic heterocycles. The van der Waals surface area contributed by atoms with Gasteiger partial charge in [-0.05, 0) is 23.6 Å². The van der Waals surface area contributed by atoms with Crippen molar-refractivity contribution in [1.82, 2.24) is 0 Å². The number of aromatic hydroxyl groups is 1. The lowest BCUT2D eigenvalue weighted by molar-refractivity contribution is 0.436. The van der Waals surface area contributed by atoms with Gasteiger partial charge in [0.1, 0.15) is 5.82 Å². The van der Waals surface area contributed by atoms with E-state index in [2.05, 4.69) is 5.32 Å². The van der Waals surface area contributed by atoms with Crippen molar-refractivity contribution in [2.45, 2.75) is 0 Å². The van der Waals surface area contributed by atoms with E-state index in [9.17, 15) is 8.78 Å². The molecule has 0 aliphatic carbocycles. The lowest BCUT2D eigenvalue weighted by atomic mass is 10.1. The Morgan fingerprint density at radius 1 is 1.20 bits per heavy atom. The van der Waals surface area contributed by atoms with E-state index in [0.717, 1.165) is 6.07 Å². The summed E-state index contributed by atoms with van der Waals surface area (Å²) in [4.78, 5) is 0. The maximum atomic E-state index is 13.4. The van der Waals surface area contributed by atoms with Crippen molar-refractivity contribution < 1.29 is 13.9 Å². The summed E-state index contributed by atoms with van der Waals surface area (Å²) in [5.41, 5.74) is 0.299. The molecule has 0 spiro atoms. The van der Waals surface area contributed by atoms with Gasteiger partial charge in [0.2, 0.25) is 0 Å². The van der Waals surface area contributed by atoms with E-state index in [1.807, 2.05) is 0 Å². The molecular formula is C11H9F2NO. The fourth-order valence-electron chi connectivity index (χ4n) is 1.49. The molecule has 2 aromatic rings. The number of hydrogen-bond acceptors (Lipinski definition) is 2. The highest BCUT2D eigenvalue weighted by atomic mass is 19.1. The average molecular weight is 209 g/mol. The van der Waals surface area contributed by atoms with E-state index in [-0.39, 0.29) is 5.39 Å². The van der Waals surface area contributed by atoms with Crippen molar-refractivity contribution in [3.05, 3.63) is 35.9 Å². The minimum Gasteiger partial charge on any atom is -0.505 e. The van der Waals surface area contributed by atoms with E-state index in [1.165, 1.54) is 18.2 Å². The second-order valence-electron chi connectivity index (χ2n) is 3.20. The fraction of sp³-hybridized carbons (Fsp3) is 0.0909. The lowest BCUT2D eigenvalue weighted by Gasteiger charge is -2.06. The van der Waals surface area contributed by atoms with Crippen molar-refractivity contribution >= 4 is 16.5 Å². The fourth-order valence-corrected chi connectivity index (χ4v) is 1.49. The highest BCUT2D eigenvalue weighted by molar-refractivity contribution is 5.87. The molecule has 0 aliphatic heterocycles. The van der Waals surface area contributed by atoms with E-state index in [1.54, 1.807) is 7.05 Å². The van der Waals surface area contributed by atoms with Crippen LogP contribution in [-0.4, -0.2) is 12.2 Å². The van der Waals surface area contributed by atoms with Crippen LogP contribution in [0.15, 0.2) is 24.3 Å². The number of halogens is 2. The molecule has 2 nitrogen and oxygen atoms in total. The normalized spacial score (nSPS) is 10.6. The van der Waals surface area contributed by atoms with Crippen molar-refractivity contribution in [2.75, 3.05) is 12.4 Å². The molecule has 4 heteroatoms. The summed E-state index contributed by atoms with van der Waals surface area (Å²) in [6, 6.07) is 5.34. The standard InChI is InChI=1S/C11H9F2NO/c1-14-9-4-6-2-3-10(15)11(13)7(6)5-8(9)12/h2-5,14-15H,1H3. The van der Waals surface area contributed by atoms with Gasteiger partial charge in [0.25, 0.3) is 0 Å². The summed E-state index contributed by atoms with van der Waals surface area (Å²) in [6.07, 6.45) is 0. The third-order valence-electron chi connectivity index (χ3n) is 2.29. The minimum absolute atomic E-state index is 0.0755. The monoisotopic (exact) mass is 209 g/mol. The zero-order chi connectivity index (χ0) is 11.0. The smallest absolute Gasteiger partial charge is 0.172 e. The zero-order valence-corrected chi connectivity index (χ0v) is 8.01. The van der Waals surface area contributed by atoms with Gasteiger partial charge in [0, 0.05) is 12.4 Å². The number of phenols is 1. The van der Waals surface area contributed by atoms with E-state index in [0.29, 0.717) is 11.1 Å². The second-order valence-corrected chi connectivity index (χ2v) is 3.20. The summed E-state index contributed by atoms with van der Waals surface area (Å²) in [6.45, 7) is 0. The predicted octanol–water partition coefficient (Wildman–Crippen LogP) is 2.87. The molecule has 0 saturated heterocycles. The molecule has 2 aromatic carbocycles. The maximum absolute atomic E-state index is 13.4. The largest absolute Gasteiger partial charge is 0.505 e. The number of anilines is 1. The Balaban J connectivity index is 2.81. The first-order chi connectivity index (χ1) is 7.13. The number of hydrogen-bond donors (Lipinski definition) is 2. The van der Waals surface area contributed by atoms with Crippen LogP contribution in [0.25, 0.3) is 10.8 Å². The van der Waals surface area contributed by atoms with Crippen LogP contribution >= 0.6 is 0 Å². The first-order valence-corrected chi connectivity index (χ1v) is 4.42. The first-order valence-electron chi connectivity index (χ1n) is 4.42. The van der Waals surface area contributed by atoms with Crippen molar-refractivity contribution in [2.24, 2.45) is 0 Å². The highest BCUT2D eigenvalue weighted by Gasteiger charge is 2.09. The molecule has 0 aliphatic rings. The number of phenolic OH excluding ortho intramolecular Hbond substituents is 1. The number of nitrogens with one attached hydrogen (secondary N) is 1. The van der Waals surface area contributed by atoms with Crippen LogP contribution in [0, 0.1) is 11.6 Å². The molecule has 0 unspecified atom stereocenters. The highest BCUT2D eigenvalue weighted by Crippen LogP contribution is 2.29. The third-order valence-corrected chi connectivity index (χ3v) is 2.29. The van der Waals surface area contributed by atoms with Gasteiger partial charge >= 0.3 is 0 Å². The topological polar surface area (TPSA) is 32.3 Å². The van der Waals surface area contributed by atoms with E-state index < -0.39 is 17.4 Å². The van der Waals surface area contributed by atoms with Crippen LogP contribution in [0.2, 0.25) is 0 Å². The lowest BCUT2D eigenvalue weighted by Crippen LogP contribution is -1.93. The Morgan fingerprint density at radius 2 is 1.93 bits per heavy atom. The van der Waals surface area contributed by atoms with Crippen LogP contribution in [0.4, 0.5) is 14.5 Å². The molecule has 0 atom stereocenters. The Morgan fingerprint density at radius 3 is 2.60 bits per heavy atom. The van der Waals surface area contributed by atoms with Crippen molar-refractivity contribution in [1.29, 1.82) is 0 Å². The Labute approximate surface area is 85.2 Å². The number of benzene rings is 2. The number of rotatable bonds is 1. The van der Waals surface area contributed by atoms with Gasteiger partial charge in [-0.15, -0.1) is 0 Å². The first kappa shape index (κ1) is 9.71. The summed E-state index contributed by atoms with van der Waals surface area (Å²) in [5.74, 6) is -1.82. The van der Waals surface area contributed by atoms with Gasteiger partial charge in [0.05, 0.1) is 5.69 Å².